The van der Waals surface area contributed by atoms with E-state index in [1.807, 2.05) is 37.3 Å². The lowest BCUT2D eigenvalue weighted by Crippen LogP contribution is -2.40. The van der Waals surface area contributed by atoms with E-state index in [2.05, 4.69) is 10.6 Å². The maximum atomic E-state index is 11.5. The Labute approximate surface area is 100 Å². The number of hydrogen-bond donors (Lipinski definition) is 3. The topological polar surface area (TPSA) is 84.2 Å². The van der Waals surface area contributed by atoms with Gasteiger partial charge in [0, 0.05) is 0 Å². The molecule has 0 aromatic heterocycles. The van der Waals surface area contributed by atoms with Crippen molar-refractivity contribution in [1.82, 2.24) is 10.6 Å². The third kappa shape index (κ3) is 4.65. The molecule has 2 amide bonds. The van der Waals surface area contributed by atoms with Crippen molar-refractivity contribution in [2.45, 2.75) is 13.0 Å². The number of amides is 2. The average molecular weight is 235 g/mol. The lowest BCUT2D eigenvalue weighted by Gasteiger charge is -2.14. The molecule has 0 saturated carbocycles. The van der Waals surface area contributed by atoms with Crippen LogP contribution in [-0.2, 0) is 9.59 Å². The highest BCUT2D eigenvalue weighted by Gasteiger charge is 2.09. The van der Waals surface area contributed by atoms with Gasteiger partial charge in [-0.3, -0.25) is 9.59 Å². The van der Waals surface area contributed by atoms with E-state index in [0.717, 1.165) is 5.56 Å². The lowest BCUT2D eigenvalue weighted by atomic mass is 10.1. The van der Waals surface area contributed by atoms with Crippen LogP contribution in [0.25, 0.3) is 0 Å². The fourth-order valence-electron chi connectivity index (χ4n) is 1.37. The zero-order chi connectivity index (χ0) is 12.7. The largest absolute Gasteiger partial charge is 0.348 e. The van der Waals surface area contributed by atoms with E-state index in [1.54, 1.807) is 0 Å². The Hall–Kier alpha value is -1.88. The second kappa shape index (κ2) is 6.65. The zero-order valence-electron chi connectivity index (χ0n) is 9.77. The molecule has 0 saturated heterocycles. The predicted octanol–water partition coefficient (Wildman–Crippen LogP) is -0.0613. The van der Waals surface area contributed by atoms with Crippen molar-refractivity contribution in [3.8, 4) is 0 Å². The highest BCUT2D eigenvalue weighted by molar-refractivity contribution is 5.85. The summed E-state index contributed by atoms with van der Waals surface area (Å²) in [4.78, 5) is 22.3. The summed E-state index contributed by atoms with van der Waals surface area (Å²) in [7, 11) is 0. The molecule has 0 radical (unpaired) electrons. The number of nitrogens with one attached hydrogen (secondary N) is 2. The molecule has 17 heavy (non-hydrogen) atoms. The third-order valence-corrected chi connectivity index (χ3v) is 2.31. The van der Waals surface area contributed by atoms with Crippen LogP contribution in [0.15, 0.2) is 30.3 Å². The minimum absolute atomic E-state index is 0.0484. The SMILES string of the molecule is C[C@H](NC(=O)CNC(=O)CN)c1ccccc1. The maximum Gasteiger partial charge on any atom is 0.239 e. The molecule has 0 spiro atoms. The van der Waals surface area contributed by atoms with Crippen LogP contribution in [0, 0.1) is 0 Å². The van der Waals surface area contributed by atoms with E-state index in [0.29, 0.717) is 0 Å². The van der Waals surface area contributed by atoms with Gasteiger partial charge in [-0.2, -0.15) is 0 Å². The minimum Gasteiger partial charge on any atom is -0.348 e. The monoisotopic (exact) mass is 235 g/mol. The molecule has 1 aromatic rings. The van der Waals surface area contributed by atoms with Crippen LogP contribution < -0.4 is 16.4 Å². The van der Waals surface area contributed by atoms with Crippen LogP contribution in [0.5, 0.6) is 0 Å². The van der Waals surface area contributed by atoms with Gasteiger partial charge >= 0.3 is 0 Å². The Morgan fingerprint density at radius 3 is 2.47 bits per heavy atom. The molecule has 0 bridgehead atoms. The normalized spacial score (nSPS) is 11.6. The molecule has 92 valence electrons. The highest BCUT2D eigenvalue weighted by atomic mass is 16.2. The van der Waals surface area contributed by atoms with Crippen molar-refractivity contribution >= 4 is 11.8 Å². The van der Waals surface area contributed by atoms with Crippen LogP contribution in [-0.4, -0.2) is 24.9 Å². The summed E-state index contributed by atoms with van der Waals surface area (Å²) < 4.78 is 0. The summed E-state index contributed by atoms with van der Waals surface area (Å²) in [5.41, 5.74) is 6.13. The van der Waals surface area contributed by atoms with Crippen LogP contribution in [0.1, 0.15) is 18.5 Å². The first-order chi connectivity index (χ1) is 8.13. The van der Waals surface area contributed by atoms with Crippen LogP contribution in [0.3, 0.4) is 0 Å². The molecular formula is C12H17N3O2. The van der Waals surface area contributed by atoms with E-state index >= 15 is 0 Å². The number of nitrogens with two attached hydrogens (primary N) is 1. The fourth-order valence-corrected chi connectivity index (χ4v) is 1.37. The number of carbonyl (C=O) groups is 2. The lowest BCUT2D eigenvalue weighted by molar-refractivity contribution is -0.125. The summed E-state index contributed by atoms with van der Waals surface area (Å²) in [5.74, 6) is -0.573. The van der Waals surface area contributed by atoms with Gasteiger partial charge in [-0.25, -0.2) is 0 Å². The first kappa shape index (κ1) is 13.2. The minimum atomic E-state index is -0.340. The van der Waals surface area contributed by atoms with Crippen molar-refractivity contribution in [1.29, 1.82) is 0 Å². The Morgan fingerprint density at radius 2 is 1.88 bits per heavy atom. The van der Waals surface area contributed by atoms with Gasteiger partial charge < -0.3 is 16.4 Å². The second-order valence-electron chi connectivity index (χ2n) is 3.68. The van der Waals surface area contributed by atoms with Gasteiger partial charge in [-0.1, -0.05) is 30.3 Å². The molecule has 1 aromatic carbocycles. The summed E-state index contributed by atoms with van der Waals surface area (Å²) in [6.07, 6.45) is 0. The summed E-state index contributed by atoms with van der Waals surface area (Å²) in [6.45, 7) is 1.73. The molecule has 0 aliphatic rings. The Balaban J connectivity index is 2.39. The maximum absolute atomic E-state index is 11.5. The van der Waals surface area contributed by atoms with E-state index in [1.165, 1.54) is 0 Å². The summed E-state index contributed by atoms with van der Waals surface area (Å²) >= 11 is 0. The van der Waals surface area contributed by atoms with Crippen LogP contribution in [0.2, 0.25) is 0 Å². The molecule has 1 atom stereocenters. The smallest absolute Gasteiger partial charge is 0.239 e. The van der Waals surface area contributed by atoms with E-state index in [-0.39, 0.29) is 30.9 Å². The molecule has 0 unspecified atom stereocenters. The molecule has 5 nitrogen and oxygen atoms in total. The number of carbonyl (C=O) groups excluding carboxylic acids is 2. The van der Waals surface area contributed by atoms with Crippen LogP contribution >= 0.6 is 0 Å². The van der Waals surface area contributed by atoms with Gasteiger partial charge in [0.25, 0.3) is 0 Å². The van der Waals surface area contributed by atoms with Crippen molar-refractivity contribution in [3.05, 3.63) is 35.9 Å². The molecule has 1 rings (SSSR count). The molecule has 4 N–H and O–H groups in total. The molecule has 5 heteroatoms. The molecule has 0 aliphatic heterocycles. The fraction of sp³-hybridized carbons (Fsp3) is 0.333. The Bertz CT molecular complexity index is 379. The van der Waals surface area contributed by atoms with Crippen molar-refractivity contribution in [2.24, 2.45) is 5.73 Å². The Morgan fingerprint density at radius 1 is 1.24 bits per heavy atom. The predicted molar refractivity (Wildman–Crippen MR) is 65.1 cm³/mol. The van der Waals surface area contributed by atoms with Gasteiger partial charge in [0.2, 0.25) is 11.8 Å². The van der Waals surface area contributed by atoms with Crippen molar-refractivity contribution in [2.75, 3.05) is 13.1 Å². The Kier molecular flexibility index (Phi) is 5.16. The van der Waals surface area contributed by atoms with Gasteiger partial charge in [0.05, 0.1) is 19.1 Å². The number of hydrogen-bond acceptors (Lipinski definition) is 3. The number of benzene rings is 1. The van der Waals surface area contributed by atoms with Gasteiger partial charge in [0.15, 0.2) is 0 Å². The number of rotatable bonds is 5. The molecule has 0 fully saturated rings. The van der Waals surface area contributed by atoms with Gasteiger partial charge in [-0.05, 0) is 12.5 Å². The highest BCUT2D eigenvalue weighted by Crippen LogP contribution is 2.10. The third-order valence-electron chi connectivity index (χ3n) is 2.31. The van der Waals surface area contributed by atoms with E-state index in [4.69, 9.17) is 5.73 Å². The van der Waals surface area contributed by atoms with Gasteiger partial charge in [0.1, 0.15) is 0 Å². The van der Waals surface area contributed by atoms with Crippen LogP contribution in [0.4, 0.5) is 0 Å². The quantitative estimate of drug-likeness (QED) is 0.668. The van der Waals surface area contributed by atoms with Crippen molar-refractivity contribution < 1.29 is 9.59 Å². The first-order valence-corrected chi connectivity index (χ1v) is 5.44. The summed E-state index contributed by atoms with van der Waals surface area (Å²) in [5, 5.41) is 5.19. The van der Waals surface area contributed by atoms with Crippen molar-refractivity contribution in [3.63, 3.8) is 0 Å². The molecule has 0 heterocycles. The summed E-state index contributed by atoms with van der Waals surface area (Å²) in [6, 6.07) is 9.52. The first-order valence-electron chi connectivity index (χ1n) is 5.44. The van der Waals surface area contributed by atoms with Gasteiger partial charge in [-0.15, -0.1) is 0 Å². The molecule has 0 aliphatic carbocycles. The van der Waals surface area contributed by atoms with E-state index in [9.17, 15) is 9.59 Å². The second-order valence-corrected chi connectivity index (χ2v) is 3.68. The van der Waals surface area contributed by atoms with E-state index < -0.39 is 0 Å². The standard InChI is InChI=1S/C12H17N3O2/c1-9(10-5-3-2-4-6-10)15-12(17)8-14-11(16)7-13/h2-6,9H,7-8,13H2,1H3,(H,14,16)(H,15,17)/t9-/m0/s1. The average Bonchev–Trinajstić information content (AvgIpc) is 2.36. The zero-order valence-corrected chi connectivity index (χ0v) is 9.77. The molecular weight excluding hydrogens is 218 g/mol.